The molecular weight excluding hydrogens is 312 g/mol. The number of hydrogen-bond acceptors (Lipinski definition) is 4. The minimum absolute atomic E-state index is 0.310. The summed E-state index contributed by atoms with van der Waals surface area (Å²) in [5.74, 6) is -0.436. The van der Waals surface area contributed by atoms with Gasteiger partial charge in [-0.05, 0) is 43.8 Å². The maximum absolute atomic E-state index is 11.6. The molecule has 21 heavy (non-hydrogen) atoms. The molecule has 0 unspecified atom stereocenters. The number of ether oxygens (including phenoxy) is 2. The number of carbonyl (C=O) groups excluding carboxylic acids is 1. The molecule has 0 aliphatic carbocycles. The summed E-state index contributed by atoms with van der Waals surface area (Å²) in [4.78, 5) is 11.6. The van der Waals surface area contributed by atoms with Crippen LogP contribution in [0.3, 0.4) is 0 Å². The second kappa shape index (κ2) is 9.55. The maximum atomic E-state index is 11.6. The zero-order valence-electron chi connectivity index (χ0n) is 12.1. The molecular formula is C14H19ClN2O3S. The molecule has 0 amide bonds. The van der Waals surface area contributed by atoms with Crippen molar-refractivity contribution in [3.8, 4) is 0 Å². The van der Waals surface area contributed by atoms with Crippen molar-refractivity contribution in [2.75, 3.05) is 32.2 Å². The molecule has 0 saturated carbocycles. The predicted octanol–water partition coefficient (Wildman–Crippen LogP) is 2.84. The molecule has 7 heteroatoms. The summed E-state index contributed by atoms with van der Waals surface area (Å²) < 4.78 is 9.86. The molecule has 5 nitrogen and oxygen atoms in total. The van der Waals surface area contributed by atoms with Crippen molar-refractivity contribution in [1.82, 2.24) is 5.32 Å². The van der Waals surface area contributed by atoms with E-state index in [9.17, 15) is 4.79 Å². The summed E-state index contributed by atoms with van der Waals surface area (Å²) in [6.07, 6.45) is 0.862. The van der Waals surface area contributed by atoms with Crippen molar-refractivity contribution >= 4 is 40.6 Å². The molecule has 0 bridgehead atoms. The first-order valence-electron chi connectivity index (χ1n) is 6.59. The molecule has 2 N–H and O–H groups in total. The van der Waals surface area contributed by atoms with Gasteiger partial charge < -0.3 is 20.1 Å². The van der Waals surface area contributed by atoms with E-state index < -0.39 is 5.97 Å². The highest BCUT2D eigenvalue weighted by molar-refractivity contribution is 7.80. The zero-order chi connectivity index (χ0) is 15.7. The van der Waals surface area contributed by atoms with Gasteiger partial charge in [-0.3, -0.25) is 0 Å². The molecule has 0 aliphatic rings. The Balaban J connectivity index is 2.55. The summed E-state index contributed by atoms with van der Waals surface area (Å²) in [5, 5.41) is 6.86. The molecule has 0 spiro atoms. The first-order chi connectivity index (χ1) is 10.1. The standard InChI is InChI=1S/C14H19ClN2O3S/c1-3-20-13(18)11-6-5-10(9-12(11)15)17-14(21)16-7-4-8-19-2/h5-6,9H,3-4,7-8H2,1-2H3,(H2,16,17,21). The number of halogens is 1. The van der Waals surface area contributed by atoms with Crippen LogP contribution >= 0.6 is 23.8 Å². The van der Waals surface area contributed by atoms with Crippen LogP contribution in [0, 0.1) is 0 Å². The molecule has 0 saturated heterocycles. The monoisotopic (exact) mass is 330 g/mol. The number of nitrogens with one attached hydrogen (secondary N) is 2. The molecule has 1 rings (SSSR count). The second-order valence-corrected chi connectivity index (χ2v) is 4.96. The fraction of sp³-hybridized carbons (Fsp3) is 0.429. The van der Waals surface area contributed by atoms with E-state index in [-0.39, 0.29) is 0 Å². The van der Waals surface area contributed by atoms with Gasteiger partial charge in [0.1, 0.15) is 0 Å². The number of carbonyl (C=O) groups is 1. The van der Waals surface area contributed by atoms with Crippen LogP contribution < -0.4 is 10.6 Å². The summed E-state index contributed by atoms with van der Waals surface area (Å²) in [6.45, 7) is 3.45. The Labute approximate surface area is 135 Å². The second-order valence-electron chi connectivity index (χ2n) is 4.14. The van der Waals surface area contributed by atoms with Crippen LogP contribution in [0.1, 0.15) is 23.7 Å². The van der Waals surface area contributed by atoms with Gasteiger partial charge in [0, 0.05) is 25.9 Å². The smallest absolute Gasteiger partial charge is 0.339 e. The molecule has 0 aromatic heterocycles. The van der Waals surface area contributed by atoms with Gasteiger partial charge in [-0.25, -0.2) is 4.79 Å². The van der Waals surface area contributed by atoms with Crippen molar-refractivity contribution < 1.29 is 14.3 Å². The summed E-state index contributed by atoms with van der Waals surface area (Å²) >= 11 is 11.2. The number of anilines is 1. The van der Waals surface area contributed by atoms with Gasteiger partial charge in [-0.15, -0.1) is 0 Å². The fourth-order valence-electron chi connectivity index (χ4n) is 1.56. The van der Waals surface area contributed by atoms with Gasteiger partial charge >= 0.3 is 5.97 Å². The van der Waals surface area contributed by atoms with Crippen LogP contribution in [-0.2, 0) is 9.47 Å². The maximum Gasteiger partial charge on any atom is 0.339 e. The van der Waals surface area contributed by atoms with Crippen molar-refractivity contribution in [3.05, 3.63) is 28.8 Å². The highest BCUT2D eigenvalue weighted by atomic mass is 35.5. The Morgan fingerprint density at radius 1 is 1.43 bits per heavy atom. The van der Waals surface area contributed by atoms with Crippen molar-refractivity contribution in [2.24, 2.45) is 0 Å². The van der Waals surface area contributed by atoms with E-state index in [1.165, 1.54) is 0 Å². The van der Waals surface area contributed by atoms with E-state index >= 15 is 0 Å². The van der Waals surface area contributed by atoms with Crippen molar-refractivity contribution in [2.45, 2.75) is 13.3 Å². The van der Waals surface area contributed by atoms with Gasteiger partial charge in [0.15, 0.2) is 5.11 Å². The molecule has 116 valence electrons. The average Bonchev–Trinajstić information content (AvgIpc) is 2.44. The number of thiocarbonyl (C=S) groups is 1. The van der Waals surface area contributed by atoms with Gasteiger partial charge in [0.25, 0.3) is 0 Å². The lowest BCUT2D eigenvalue weighted by Crippen LogP contribution is -2.29. The number of methoxy groups -OCH3 is 1. The third-order valence-corrected chi connectivity index (χ3v) is 3.09. The fourth-order valence-corrected chi connectivity index (χ4v) is 2.04. The van der Waals surface area contributed by atoms with Crippen LogP contribution in [0.5, 0.6) is 0 Å². The van der Waals surface area contributed by atoms with Gasteiger partial charge in [-0.2, -0.15) is 0 Å². The topological polar surface area (TPSA) is 59.6 Å². The number of benzene rings is 1. The molecule has 1 aromatic rings. The average molecular weight is 331 g/mol. The SMILES string of the molecule is CCOC(=O)c1ccc(NC(=S)NCCCOC)cc1Cl. The van der Waals surface area contributed by atoms with Crippen LogP contribution in [0.15, 0.2) is 18.2 Å². The Hall–Kier alpha value is -1.37. The highest BCUT2D eigenvalue weighted by Gasteiger charge is 2.11. The highest BCUT2D eigenvalue weighted by Crippen LogP contribution is 2.21. The number of hydrogen-bond donors (Lipinski definition) is 2. The summed E-state index contributed by atoms with van der Waals surface area (Å²) in [5.41, 5.74) is 1.04. The Morgan fingerprint density at radius 2 is 2.19 bits per heavy atom. The molecule has 1 aromatic carbocycles. The Morgan fingerprint density at radius 3 is 2.81 bits per heavy atom. The van der Waals surface area contributed by atoms with Gasteiger partial charge in [-0.1, -0.05) is 11.6 Å². The van der Waals surface area contributed by atoms with E-state index in [2.05, 4.69) is 10.6 Å². The van der Waals surface area contributed by atoms with Gasteiger partial charge in [0.05, 0.1) is 17.2 Å². The molecule has 0 atom stereocenters. The van der Waals surface area contributed by atoms with Crippen LogP contribution in [0.25, 0.3) is 0 Å². The number of esters is 1. The lowest BCUT2D eigenvalue weighted by Gasteiger charge is -2.11. The molecule has 0 heterocycles. The van der Waals surface area contributed by atoms with E-state index in [0.717, 1.165) is 6.42 Å². The predicted molar refractivity (Wildman–Crippen MR) is 88.1 cm³/mol. The van der Waals surface area contributed by atoms with E-state index in [0.29, 0.717) is 41.1 Å². The normalized spacial score (nSPS) is 10.0. The summed E-state index contributed by atoms with van der Waals surface area (Å²) in [7, 11) is 1.66. The summed E-state index contributed by atoms with van der Waals surface area (Å²) in [6, 6.07) is 4.97. The van der Waals surface area contributed by atoms with Crippen molar-refractivity contribution in [3.63, 3.8) is 0 Å². The van der Waals surface area contributed by atoms with Crippen LogP contribution in [0.2, 0.25) is 5.02 Å². The molecule has 0 fully saturated rings. The zero-order valence-corrected chi connectivity index (χ0v) is 13.6. The largest absolute Gasteiger partial charge is 0.462 e. The quantitative estimate of drug-likeness (QED) is 0.455. The minimum Gasteiger partial charge on any atom is -0.462 e. The first-order valence-corrected chi connectivity index (χ1v) is 7.37. The lowest BCUT2D eigenvalue weighted by molar-refractivity contribution is 0.0526. The Bertz CT molecular complexity index is 497. The molecule has 0 aliphatic heterocycles. The Kier molecular flexibility index (Phi) is 8.04. The third-order valence-electron chi connectivity index (χ3n) is 2.53. The third kappa shape index (κ3) is 6.29. The number of rotatable bonds is 7. The minimum atomic E-state index is -0.436. The van der Waals surface area contributed by atoms with Crippen molar-refractivity contribution in [1.29, 1.82) is 0 Å². The van der Waals surface area contributed by atoms with E-state index in [1.54, 1.807) is 32.2 Å². The molecule has 0 radical (unpaired) electrons. The first kappa shape index (κ1) is 17.7. The lowest BCUT2D eigenvalue weighted by atomic mass is 10.2. The van der Waals surface area contributed by atoms with Gasteiger partial charge in [0.2, 0.25) is 0 Å². The van der Waals surface area contributed by atoms with E-state index in [1.807, 2.05) is 0 Å². The van der Waals surface area contributed by atoms with E-state index in [4.69, 9.17) is 33.3 Å². The van der Waals surface area contributed by atoms with Crippen LogP contribution in [0.4, 0.5) is 5.69 Å². The van der Waals surface area contributed by atoms with Crippen LogP contribution in [-0.4, -0.2) is 38.0 Å².